The quantitative estimate of drug-likeness (QED) is 0.0877. The summed E-state index contributed by atoms with van der Waals surface area (Å²) in [6.45, 7) is 12.4. The van der Waals surface area contributed by atoms with Gasteiger partial charge >= 0.3 is 6.09 Å². The average molecular weight is 847 g/mol. The van der Waals surface area contributed by atoms with E-state index in [0.717, 1.165) is 36.8 Å². The number of aryl methyl sites for hydroxylation is 1. The molecular weight excluding hydrogens is 786 g/mol. The number of fused-ring (bicyclic) bond motifs is 1. The van der Waals surface area contributed by atoms with E-state index in [9.17, 15) is 13.2 Å². The van der Waals surface area contributed by atoms with Crippen LogP contribution in [0.3, 0.4) is 0 Å². The average Bonchev–Trinajstić information content (AvgIpc) is 3.42. The van der Waals surface area contributed by atoms with Crippen molar-refractivity contribution in [3.05, 3.63) is 125 Å². The summed E-state index contributed by atoms with van der Waals surface area (Å²) < 4.78 is 53.6. The largest absolute Gasteiger partial charge is 0.497 e. The fraction of sp³-hybridized carbons (Fsp3) is 0.426. The summed E-state index contributed by atoms with van der Waals surface area (Å²) in [5, 5.41) is 3.65. The molecule has 1 aliphatic heterocycles. The number of anilines is 1. The van der Waals surface area contributed by atoms with Gasteiger partial charge in [-0.05, 0) is 114 Å². The van der Waals surface area contributed by atoms with Crippen LogP contribution in [0.5, 0.6) is 17.2 Å². The Kier molecular flexibility index (Phi) is 16.5. The summed E-state index contributed by atoms with van der Waals surface area (Å²) in [4.78, 5) is 14.8. The maximum Gasteiger partial charge on any atom is 0.407 e. The first kappa shape index (κ1) is 45.4. The molecule has 0 saturated heterocycles. The summed E-state index contributed by atoms with van der Waals surface area (Å²) in [7, 11) is 0.493. The molecule has 1 aliphatic rings. The van der Waals surface area contributed by atoms with Gasteiger partial charge in [0.05, 0.1) is 44.6 Å². The molecule has 10 nitrogen and oxygen atoms in total. The molecule has 4 aromatic carbocycles. The highest BCUT2D eigenvalue weighted by Crippen LogP contribution is 2.39. The number of rotatable bonds is 20. The number of carbonyl (C=O) groups is 1. The van der Waals surface area contributed by atoms with Gasteiger partial charge in [0, 0.05) is 37.1 Å². The molecule has 1 amide bonds. The molecule has 0 bridgehead atoms. The lowest BCUT2D eigenvalue weighted by Gasteiger charge is -2.32. The minimum Gasteiger partial charge on any atom is -0.497 e. The zero-order valence-corrected chi connectivity index (χ0v) is 36.9. The van der Waals surface area contributed by atoms with Gasteiger partial charge in [-0.2, -0.15) is 4.31 Å². The molecule has 0 aliphatic carbocycles. The van der Waals surface area contributed by atoms with Crippen LogP contribution in [0.4, 0.5) is 10.5 Å². The number of hydrogen-bond acceptors (Lipinski definition) is 8. The van der Waals surface area contributed by atoms with Crippen LogP contribution < -0.4 is 24.4 Å². The van der Waals surface area contributed by atoms with Gasteiger partial charge in [0.15, 0.2) is 0 Å². The Morgan fingerprint density at radius 2 is 1.58 bits per heavy atom. The van der Waals surface area contributed by atoms with E-state index in [2.05, 4.69) is 49.7 Å². The number of hydrogen-bond donors (Lipinski definition) is 1. The zero-order chi connectivity index (χ0) is 42.5. The monoisotopic (exact) mass is 845 g/mol. The van der Waals surface area contributed by atoms with E-state index >= 15 is 0 Å². The van der Waals surface area contributed by atoms with Gasteiger partial charge in [-0.3, -0.25) is 0 Å². The first-order chi connectivity index (χ1) is 28.4. The summed E-state index contributed by atoms with van der Waals surface area (Å²) in [6.07, 6.45) is 5.60. The Morgan fingerprint density at radius 3 is 2.14 bits per heavy atom. The molecule has 1 heterocycles. The van der Waals surface area contributed by atoms with E-state index in [1.54, 1.807) is 38.5 Å². The molecule has 0 fully saturated rings. The number of alkyl carbamates (subject to hydrolysis) is 1. The predicted molar refractivity (Wildman–Crippen MR) is 236 cm³/mol. The zero-order valence-electron chi connectivity index (χ0n) is 35.3. The molecule has 0 saturated carbocycles. The summed E-state index contributed by atoms with van der Waals surface area (Å²) >= 11 is 6.56. The van der Waals surface area contributed by atoms with Crippen molar-refractivity contribution in [2.75, 3.05) is 45.9 Å². The minimum atomic E-state index is -4.06. The predicted octanol–water partition coefficient (Wildman–Crippen LogP) is 10.0. The van der Waals surface area contributed by atoms with E-state index in [1.807, 2.05) is 54.6 Å². The second-order valence-electron chi connectivity index (χ2n) is 15.6. The van der Waals surface area contributed by atoms with Crippen molar-refractivity contribution in [1.29, 1.82) is 0 Å². The molecule has 318 valence electrons. The van der Waals surface area contributed by atoms with Crippen LogP contribution in [0.1, 0.15) is 74.6 Å². The molecule has 59 heavy (non-hydrogen) atoms. The van der Waals surface area contributed by atoms with Crippen LogP contribution in [0.25, 0.3) is 0 Å². The van der Waals surface area contributed by atoms with Gasteiger partial charge in [0.2, 0.25) is 10.0 Å². The number of halogens is 1. The van der Waals surface area contributed by atoms with Gasteiger partial charge < -0.3 is 29.2 Å². The lowest BCUT2D eigenvalue weighted by atomic mass is 9.89. The van der Waals surface area contributed by atoms with E-state index < -0.39 is 16.1 Å². The Balaban J connectivity index is 1.55. The summed E-state index contributed by atoms with van der Waals surface area (Å²) in [5.41, 5.74) is 4.71. The van der Waals surface area contributed by atoms with E-state index in [4.69, 9.17) is 30.5 Å². The minimum absolute atomic E-state index is 0.0310. The molecule has 0 spiro atoms. The van der Waals surface area contributed by atoms with Crippen molar-refractivity contribution in [2.45, 2.75) is 82.8 Å². The Morgan fingerprint density at radius 1 is 0.932 bits per heavy atom. The van der Waals surface area contributed by atoms with Crippen molar-refractivity contribution < 1.29 is 32.2 Å². The number of ether oxygens (including phenoxy) is 4. The molecule has 12 heteroatoms. The second-order valence-corrected chi connectivity index (χ2v) is 17.9. The van der Waals surface area contributed by atoms with Crippen molar-refractivity contribution >= 4 is 33.4 Å². The molecule has 3 atom stereocenters. The smallest absolute Gasteiger partial charge is 0.407 e. The van der Waals surface area contributed by atoms with Crippen molar-refractivity contribution in [1.82, 2.24) is 9.62 Å². The van der Waals surface area contributed by atoms with Crippen molar-refractivity contribution in [3.8, 4) is 17.2 Å². The number of amides is 1. The van der Waals surface area contributed by atoms with Crippen molar-refractivity contribution in [3.63, 3.8) is 0 Å². The molecule has 1 N–H and O–H groups in total. The highest BCUT2D eigenvalue weighted by atomic mass is 35.5. The van der Waals surface area contributed by atoms with Crippen LogP contribution >= 0.6 is 11.6 Å². The van der Waals surface area contributed by atoms with Crippen LogP contribution in [0.15, 0.2) is 102 Å². The van der Waals surface area contributed by atoms with Gasteiger partial charge in [0.1, 0.15) is 17.2 Å². The number of sulfonamides is 1. The third-order valence-corrected chi connectivity index (χ3v) is 13.0. The third kappa shape index (κ3) is 12.2. The normalized spacial score (nSPS) is 15.1. The van der Waals surface area contributed by atoms with Crippen LogP contribution in [-0.2, 0) is 34.3 Å². The second kappa shape index (κ2) is 21.5. The maximum atomic E-state index is 14.9. The maximum absolute atomic E-state index is 14.9. The molecule has 5 rings (SSSR count). The van der Waals surface area contributed by atoms with E-state index in [1.165, 1.54) is 22.5 Å². The highest BCUT2D eigenvalue weighted by molar-refractivity contribution is 7.89. The topological polar surface area (TPSA) is 107 Å². The fourth-order valence-electron chi connectivity index (χ4n) is 7.67. The summed E-state index contributed by atoms with van der Waals surface area (Å²) in [5.74, 6) is 2.53. The van der Waals surface area contributed by atoms with Gasteiger partial charge in [0.25, 0.3) is 0 Å². The SMILES string of the molecule is C=C[C@@H](NC(=O)OC)[C@H](CCC)CCN1C[C@H](c2ccc(Cl)cc2CCC(C)C)COc2ccc(S(=O)(=O)N(Cc3ccc(OC)cc3)Cc3ccc(OC)cc3)cc21. The number of methoxy groups -OCH3 is 3. The van der Waals surface area contributed by atoms with Crippen LogP contribution in [-0.4, -0.2) is 65.9 Å². The summed E-state index contributed by atoms with van der Waals surface area (Å²) in [6, 6.07) is 25.9. The van der Waals surface area contributed by atoms with Gasteiger partial charge in [-0.25, -0.2) is 13.2 Å². The molecular formula is C47H60ClN3O7S. The van der Waals surface area contributed by atoms with E-state index in [-0.39, 0.29) is 35.9 Å². The number of nitrogens with zero attached hydrogens (tertiary/aromatic N) is 2. The Hall–Kier alpha value is -4.71. The molecule has 4 aromatic rings. The first-order valence-electron chi connectivity index (χ1n) is 20.4. The standard InChI is InChI=1S/C47H60ClN3O7S/c1-8-10-36(44(9-2)49-47(52)57-7)25-26-50-31-38(43-23-17-39(48)27-37(43)16-11-33(3)4)32-58-46-24-22-42(28-45(46)50)59(53,54)51(29-34-12-18-40(55-5)19-13-34)30-35-14-20-41(56-6)21-15-35/h9,12-15,17-24,27-28,33,36,38,44H,2,8,10-11,16,25-26,29-32H2,1,3-7H3,(H,49,52)/t36-,38+,44-/m1/s1. The Labute approximate surface area is 356 Å². The van der Waals surface area contributed by atoms with Gasteiger partial charge in [-0.1, -0.05) is 75.2 Å². The van der Waals surface area contributed by atoms with Crippen LogP contribution in [0.2, 0.25) is 5.02 Å². The lowest BCUT2D eigenvalue weighted by Crippen LogP contribution is -2.40. The molecule has 0 unspecified atom stereocenters. The van der Waals surface area contributed by atoms with Crippen LogP contribution in [0, 0.1) is 11.8 Å². The highest BCUT2D eigenvalue weighted by Gasteiger charge is 2.32. The number of benzene rings is 4. The third-order valence-electron chi connectivity index (χ3n) is 11.0. The van der Waals surface area contributed by atoms with Gasteiger partial charge in [-0.15, -0.1) is 6.58 Å². The number of carbonyl (C=O) groups excluding carboxylic acids is 1. The molecule has 0 radical (unpaired) electrons. The lowest BCUT2D eigenvalue weighted by molar-refractivity contribution is 0.164. The fourth-order valence-corrected chi connectivity index (χ4v) is 9.30. The van der Waals surface area contributed by atoms with E-state index in [0.29, 0.717) is 60.0 Å². The number of nitrogens with one attached hydrogen (secondary N) is 1. The first-order valence-corrected chi connectivity index (χ1v) is 22.2. The Bertz CT molecular complexity index is 2040. The molecule has 0 aromatic heterocycles. The van der Waals surface area contributed by atoms with Crippen molar-refractivity contribution in [2.24, 2.45) is 11.8 Å².